The Morgan fingerprint density at radius 2 is 1.67 bits per heavy atom. The van der Waals surface area contributed by atoms with Crippen LogP contribution in [0.2, 0.25) is 0 Å². The Morgan fingerprint density at radius 3 is 2.37 bits per heavy atom. The van der Waals surface area contributed by atoms with E-state index in [9.17, 15) is 19.2 Å². The van der Waals surface area contributed by atoms with Gasteiger partial charge in [0, 0.05) is 54.4 Å². The molecule has 5 rings (SSSR count). The third kappa shape index (κ3) is 7.27. The van der Waals surface area contributed by atoms with Crippen molar-refractivity contribution in [1.82, 2.24) is 20.0 Å². The highest BCUT2D eigenvalue weighted by Crippen LogP contribution is 2.33. The van der Waals surface area contributed by atoms with E-state index in [4.69, 9.17) is 0 Å². The lowest BCUT2D eigenvalue weighted by atomic mass is 9.97. The van der Waals surface area contributed by atoms with Gasteiger partial charge < -0.3 is 20.9 Å². The van der Waals surface area contributed by atoms with E-state index >= 15 is 0 Å². The van der Waals surface area contributed by atoms with E-state index in [1.807, 2.05) is 0 Å². The number of aryl methyl sites for hydroxylation is 2. The van der Waals surface area contributed by atoms with Crippen LogP contribution < -0.4 is 16.0 Å². The third-order valence-corrected chi connectivity index (χ3v) is 7.92. The summed E-state index contributed by atoms with van der Waals surface area (Å²) in [5.41, 5.74) is 4.80. The molecule has 46 heavy (non-hydrogen) atoms. The molecule has 11 nitrogen and oxygen atoms in total. The van der Waals surface area contributed by atoms with Gasteiger partial charge in [0.15, 0.2) is 5.78 Å². The summed E-state index contributed by atoms with van der Waals surface area (Å²) in [5, 5.41) is 12.8. The number of carbonyl (C=O) groups is 4. The van der Waals surface area contributed by atoms with Crippen molar-refractivity contribution < 1.29 is 19.2 Å². The summed E-state index contributed by atoms with van der Waals surface area (Å²) in [6, 6.07) is 20.4. The van der Waals surface area contributed by atoms with Crippen molar-refractivity contribution in [1.29, 1.82) is 0 Å². The quantitative estimate of drug-likeness (QED) is 0.155. The molecule has 0 aliphatic carbocycles. The van der Waals surface area contributed by atoms with Gasteiger partial charge in [0.05, 0.1) is 11.4 Å². The zero-order chi connectivity index (χ0) is 32.8. The van der Waals surface area contributed by atoms with Crippen LogP contribution in [0.15, 0.2) is 77.8 Å². The Morgan fingerprint density at radius 1 is 0.957 bits per heavy atom. The number of nitrogens with zero attached hydrogens (tertiary/aromatic N) is 4. The molecular weight excluding hydrogens is 582 g/mol. The predicted molar refractivity (Wildman–Crippen MR) is 178 cm³/mol. The normalized spacial score (nSPS) is 13.9. The largest absolute Gasteiger partial charge is 0.351 e. The van der Waals surface area contributed by atoms with Crippen LogP contribution in [0.25, 0.3) is 0 Å². The molecule has 0 fully saturated rings. The maximum absolute atomic E-state index is 13.4. The molecule has 1 atom stereocenters. The van der Waals surface area contributed by atoms with Crippen molar-refractivity contribution in [2.75, 3.05) is 36.8 Å². The number of nitrogens with one attached hydrogen (secondary N) is 3. The number of likely N-dealkylation sites (N-methyl/N-ethyl adjacent to an activating group) is 1. The third-order valence-electron chi connectivity index (χ3n) is 7.92. The molecule has 0 spiro atoms. The van der Waals surface area contributed by atoms with Gasteiger partial charge >= 0.3 is 0 Å². The van der Waals surface area contributed by atoms with Gasteiger partial charge in [-0.3, -0.25) is 28.9 Å². The van der Waals surface area contributed by atoms with Crippen LogP contribution in [0.3, 0.4) is 0 Å². The fourth-order valence-corrected chi connectivity index (χ4v) is 5.33. The Hall–Kier alpha value is -5.42. The van der Waals surface area contributed by atoms with Crippen molar-refractivity contribution >= 4 is 46.8 Å². The number of ketones is 1. The second-order valence-electron chi connectivity index (χ2n) is 11.0. The van der Waals surface area contributed by atoms with Crippen molar-refractivity contribution in [2.45, 2.75) is 26.7 Å². The molecular formula is C35H37N7O4. The molecule has 1 unspecified atom stereocenters. The van der Waals surface area contributed by atoms with Gasteiger partial charge in [0.25, 0.3) is 11.8 Å². The number of rotatable bonds is 12. The van der Waals surface area contributed by atoms with Gasteiger partial charge in [-0.25, -0.2) is 0 Å². The summed E-state index contributed by atoms with van der Waals surface area (Å²) >= 11 is 0. The summed E-state index contributed by atoms with van der Waals surface area (Å²) in [4.78, 5) is 58.1. The second-order valence-corrected chi connectivity index (χ2v) is 11.0. The summed E-state index contributed by atoms with van der Waals surface area (Å²) in [6.45, 7) is 9.23. The number of anilines is 2. The zero-order valence-corrected chi connectivity index (χ0v) is 26.3. The highest BCUT2D eigenvalue weighted by atomic mass is 16.2. The van der Waals surface area contributed by atoms with Gasteiger partial charge in [0.1, 0.15) is 11.6 Å². The molecule has 0 bridgehead atoms. The number of carbonyl (C=O) groups excluding carboxylic acids is 4. The predicted octanol–water partition coefficient (Wildman–Crippen LogP) is 4.72. The van der Waals surface area contributed by atoms with E-state index in [1.165, 1.54) is 4.68 Å². The number of hydrogen-bond donors (Lipinski definition) is 3. The van der Waals surface area contributed by atoms with Crippen LogP contribution in [0, 0.1) is 6.92 Å². The number of amides is 3. The average molecular weight is 620 g/mol. The first kappa shape index (κ1) is 32.0. The molecule has 3 aromatic carbocycles. The number of aliphatic imine (C=N–C) groups is 1. The lowest BCUT2D eigenvalue weighted by Gasteiger charge is -2.17. The van der Waals surface area contributed by atoms with Gasteiger partial charge in [-0.05, 0) is 74.1 Å². The first-order valence-electron chi connectivity index (χ1n) is 15.2. The highest BCUT2D eigenvalue weighted by molar-refractivity contribution is 6.15. The van der Waals surface area contributed by atoms with Gasteiger partial charge in [-0.1, -0.05) is 38.1 Å². The SMILES string of the molecule is CCN(CC)CCNC(=O)c1ccc(N=CC2C(=O)Nc3cc(C(=O)c4cccc(NC(=O)c5cc(C)nn5C)c4)ccc32)cc1. The number of hydrogen-bond acceptors (Lipinski definition) is 7. The maximum atomic E-state index is 13.4. The summed E-state index contributed by atoms with van der Waals surface area (Å²) in [5.74, 6) is -1.60. The number of benzene rings is 3. The average Bonchev–Trinajstić information content (AvgIpc) is 3.57. The molecule has 11 heteroatoms. The zero-order valence-electron chi connectivity index (χ0n) is 26.3. The number of aromatic nitrogens is 2. The van der Waals surface area contributed by atoms with Crippen LogP contribution in [0.1, 0.15) is 67.8 Å². The van der Waals surface area contributed by atoms with Crippen molar-refractivity contribution in [2.24, 2.45) is 12.0 Å². The first-order valence-corrected chi connectivity index (χ1v) is 15.2. The Kier molecular flexibility index (Phi) is 9.82. The van der Waals surface area contributed by atoms with E-state index in [1.54, 1.807) is 93.0 Å². The molecule has 236 valence electrons. The Balaban J connectivity index is 1.23. The minimum absolute atomic E-state index is 0.145. The number of fused-ring (bicyclic) bond motifs is 1. The fraction of sp³-hybridized carbons (Fsp3) is 0.257. The van der Waals surface area contributed by atoms with Crippen LogP contribution in [-0.2, 0) is 11.8 Å². The van der Waals surface area contributed by atoms with Crippen molar-refractivity contribution in [3.63, 3.8) is 0 Å². The maximum Gasteiger partial charge on any atom is 0.273 e. The molecule has 3 amide bonds. The molecule has 0 saturated heterocycles. The Bertz CT molecular complexity index is 1810. The molecule has 1 aliphatic rings. The molecule has 2 heterocycles. The van der Waals surface area contributed by atoms with Crippen molar-refractivity contribution in [3.05, 3.63) is 106 Å². The summed E-state index contributed by atoms with van der Waals surface area (Å²) in [6.07, 6.45) is 1.57. The van der Waals surface area contributed by atoms with E-state index in [0.717, 1.165) is 25.3 Å². The second kappa shape index (κ2) is 14.1. The first-order chi connectivity index (χ1) is 22.2. The highest BCUT2D eigenvalue weighted by Gasteiger charge is 2.30. The van der Waals surface area contributed by atoms with Crippen LogP contribution in [0.5, 0.6) is 0 Å². The molecule has 1 aliphatic heterocycles. The van der Waals surface area contributed by atoms with Gasteiger partial charge in [-0.2, -0.15) is 5.10 Å². The van der Waals surface area contributed by atoms with Crippen LogP contribution in [0.4, 0.5) is 17.1 Å². The molecule has 0 saturated carbocycles. The van der Waals surface area contributed by atoms with Gasteiger partial charge in [-0.15, -0.1) is 0 Å². The van der Waals surface area contributed by atoms with Gasteiger partial charge in [0.2, 0.25) is 5.91 Å². The molecule has 4 aromatic rings. The fourth-order valence-electron chi connectivity index (χ4n) is 5.33. The topological polar surface area (TPSA) is 138 Å². The lowest BCUT2D eigenvalue weighted by Crippen LogP contribution is -2.34. The van der Waals surface area contributed by atoms with Crippen molar-refractivity contribution in [3.8, 4) is 0 Å². The lowest BCUT2D eigenvalue weighted by molar-refractivity contribution is -0.115. The summed E-state index contributed by atoms with van der Waals surface area (Å²) in [7, 11) is 1.69. The summed E-state index contributed by atoms with van der Waals surface area (Å²) < 4.78 is 1.50. The standard InChI is InChI=1S/C35H37N7O4/c1-5-42(6-2)17-16-36-33(44)23-10-13-26(14-11-23)37-21-29-28-15-12-25(20-30(28)39-34(29)45)32(43)24-8-7-9-27(19-24)38-35(46)31-18-22(3)40-41(31)4/h7-15,18-21,29H,5-6,16-17H2,1-4H3,(H,36,44)(H,38,46)(H,39,45). The monoisotopic (exact) mass is 619 g/mol. The Labute approximate surface area is 267 Å². The van der Waals surface area contributed by atoms with E-state index in [0.29, 0.717) is 51.6 Å². The molecule has 3 N–H and O–H groups in total. The van der Waals surface area contributed by atoms with E-state index < -0.39 is 5.92 Å². The van der Waals surface area contributed by atoms with E-state index in [-0.39, 0.29) is 23.5 Å². The minimum atomic E-state index is -0.628. The smallest absolute Gasteiger partial charge is 0.273 e. The minimum Gasteiger partial charge on any atom is -0.351 e. The molecule has 0 radical (unpaired) electrons. The van der Waals surface area contributed by atoms with Crippen LogP contribution in [-0.4, -0.2) is 70.6 Å². The van der Waals surface area contributed by atoms with Crippen LogP contribution >= 0.6 is 0 Å². The molecule has 1 aromatic heterocycles. The van der Waals surface area contributed by atoms with E-state index in [2.05, 4.69) is 44.8 Å².